The van der Waals surface area contributed by atoms with Crippen LogP contribution in [0.25, 0.3) is 0 Å². The Hall–Kier alpha value is -1.60. The molecule has 0 aliphatic rings. The number of carbonyl (C=O) groups is 1. The number of benzene rings is 1. The summed E-state index contributed by atoms with van der Waals surface area (Å²) in [5.41, 5.74) is 0. The summed E-state index contributed by atoms with van der Waals surface area (Å²) in [5.74, 6) is -1.35. The Morgan fingerprint density at radius 3 is 2.44 bits per heavy atom. The highest BCUT2D eigenvalue weighted by atomic mass is 35.5. The summed E-state index contributed by atoms with van der Waals surface area (Å²) in [6, 6.07) is 5.36. The Bertz CT molecular complexity index is 509. The standard InChI is InChI=1S/C8H7ClN2O4S/c9-6-1-3-7(4-2-6)16(14,15)11-10-5-8(12)13/h1-5,11H,(H,12,13). The van der Waals surface area contributed by atoms with E-state index in [1.807, 2.05) is 0 Å². The summed E-state index contributed by atoms with van der Waals surface area (Å²) >= 11 is 5.59. The molecule has 0 radical (unpaired) electrons. The van der Waals surface area contributed by atoms with E-state index in [9.17, 15) is 13.2 Å². The fraction of sp³-hybridized carbons (Fsp3) is 0. The van der Waals surface area contributed by atoms with E-state index < -0.39 is 16.0 Å². The van der Waals surface area contributed by atoms with Gasteiger partial charge in [0, 0.05) is 5.02 Å². The van der Waals surface area contributed by atoms with Crippen molar-refractivity contribution in [1.29, 1.82) is 0 Å². The largest absolute Gasteiger partial charge is 0.477 e. The molecule has 2 N–H and O–H groups in total. The molecule has 1 aromatic carbocycles. The fourth-order valence-corrected chi connectivity index (χ4v) is 1.73. The lowest BCUT2D eigenvalue weighted by Crippen LogP contribution is -2.19. The van der Waals surface area contributed by atoms with E-state index in [4.69, 9.17) is 16.7 Å². The van der Waals surface area contributed by atoms with Gasteiger partial charge in [-0.2, -0.15) is 18.4 Å². The van der Waals surface area contributed by atoms with Crippen LogP contribution in [-0.2, 0) is 14.8 Å². The molecule has 0 spiro atoms. The molecule has 8 heteroatoms. The van der Waals surface area contributed by atoms with Gasteiger partial charge in [0.2, 0.25) is 0 Å². The van der Waals surface area contributed by atoms with Gasteiger partial charge in [-0.1, -0.05) is 11.6 Å². The number of nitrogens with one attached hydrogen (secondary N) is 1. The minimum absolute atomic E-state index is 0.0561. The highest BCUT2D eigenvalue weighted by Gasteiger charge is 2.11. The van der Waals surface area contributed by atoms with E-state index in [1.165, 1.54) is 24.3 Å². The minimum atomic E-state index is -3.84. The number of aliphatic carboxylic acids is 1. The zero-order valence-electron chi connectivity index (χ0n) is 7.79. The van der Waals surface area contributed by atoms with E-state index in [2.05, 4.69) is 5.10 Å². The van der Waals surface area contributed by atoms with Crippen molar-refractivity contribution in [1.82, 2.24) is 4.83 Å². The van der Waals surface area contributed by atoms with Crippen LogP contribution in [0.15, 0.2) is 34.3 Å². The van der Waals surface area contributed by atoms with E-state index in [0.717, 1.165) is 0 Å². The lowest BCUT2D eigenvalue weighted by Gasteiger charge is -2.02. The third kappa shape index (κ3) is 3.52. The van der Waals surface area contributed by atoms with Gasteiger partial charge < -0.3 is 5.11 Å². The molecule has 0 amide bonds. The predicted molar refractivity (Wildman–Crippen MR) is 57.9 cm³/mol. The lowest BCUT2D eigenvalue weighted by atomic mass is 10.4. The number of carboxylic acid groups (broad SMARTS) is 1. The van der Waals surface area contributed by atoms with Crippen molar-refractivity contribution in [3.05, 3.63) is 29.3 Å². The zero-order chi connectivity index (χ0) is 12.2. The van der Waals surface area contributed by atoms with Gasteiger partial charge in [-0.25, -0.2) is 4.79 Å². The Morgan fingerprint density at radius 1 is 1.38 bits per heavy atom. The maximum atomic E-state index is 11.5. The van der Waals surface area contributed by atoms with Crippen LogP contribution in [0, 0.1) is 0 Å². The van der Waals surface area contributed by atoms with Crippen molar-refractivity contribution >= 4 is 33.8 Å². The zero-order valence-corrected chi connectivity index (χ0v) is 9.36. The molecule has 6 nitrogen and oxygen atoms in total. The molecule has 0 heterocycles. The third-order valence-electron chi connectivity index (χ3n) is 1.47. The van der Waals surface area contributed by atoms with Gasteiger partial charge in [0.05, 0.1) is 4.90 Å². The SMILES string of the molecule is O=C(O)C=NNS(=O)(=O)c1ccc(Cl)cc1. The number of sulfonamides is 1. The van der Waals surface area contributed by atoms with E-state index in [0.29, 0.717) is 11.2 Å². The van der Waals surface area contributed by atoms with Crippen LogP contribution >= 0.6 is 11.6 Å². The molecule has 0 saturated carbocycles. The highest BCUT2D eigenvalue weighted by Crippen LogP contribution is 2.13. The predicted octanol–water partition coefficient (Wildman–Crippen LogP) is 0.689. The second-order valence-electron chi connectivity index (χ2n) is 2.65. The molecule has 1 aromatic rings. The third-order valence-corrected chi connectivity index (χ3v) is 2.96. The van der Waals surface area contributed by atoms with Gasteiger partial charge in [0.1, 0.15) is 6.21 Å². The van der Waals surface area contributed by atoms with Crippen molar-refractivity contribution in [2.45, 2.75) is 4.90 Å². The Morgan fingerprint density at radius 2 is 1.94 bits per heavy atom. The topological polar surface area (TPSA) is 95.8 Å². The maximum Gasteiger partial charge on any atom is 0.348 e. The summed E-state index contributed by atoms with van der Waals surface area (Å²) < 4.78 is 22.9. The van der Waals surface area contributed by atoms with Crippen LogP contribution in [0.2, 0.25) is 5.02 Å². The van der Waals surface area contributed by atoms with Gasteiger partial charge in [-0.15, -0.1) is 0 Å². The number of nitrogens with zero attached hydrogens (tertiary/aromatic N) is 1. The average Bonchev–Trinajstić information content (AvgIpc) is 2.17. The Labute approximate surface area is 96.6 Å². The highest BCUT2D eigenvalue weighted by molar-refractivity contribution is 7.89. The molecule has 0 atom stereocenters. The summed E-state index contributed by atoms with van der Waals surface area (Å²) in [6.45, 7) is 0. The minimum Gasteiger partial charge on any atom is -0.477 e. The molecular formula is C8H7ClN2O4S. The average molecular weight is 263 g/mol. The quantitative estimate of drug-likeness (QED) is 0.616. The Kier molecular flexibility index (Phi) is 3.86. The van der Waals surface area contributed by atoms with Gasteiger partial charge in [-0.05, 0) is 24.3 Å². The van der Waals surface area contributed by atoms with Crippen molar-refractivity contribution in [3.63, 3.8) is 0 Å². The molecule has 0 aliphatic heterocycles. The van der Waals surface area contributed by atoms with Gasteiger partial charge >= 0.3 is 5.97 Å². The molecule has 0 aliphatic carbocycles. The van der Waals surface area contributed by atoms with Crippen molar-refractivity contribution in [2.75, 3.05) is 0 Å². The molecule has 16 heavy (non-hydrogen) atoms. The van der Waals surface area contributed by atoms with Crippen LogP contribution in [0.3, 0.4) is 0 Å². The number of hydrazone groups is 1. The first-order valence-electron chi connectivity index (χ1n) is 3.95. The van der Waals surface area contributed by atoms with Crippen LogP contribution in [0.5, 0.6) is 0 Å². The number of carboxylic acids is 1. The number of rotatable bonds is 4. The van der Waals surface area contributed by atoms with E-state index in [-0.39, 0.29) is 4.90 Å². The van der Waals surface area contributed by atoms with E-state index >= 15 is 0 Å². The van der Waals surface area contributed by atoms with Crippen LogP contribution in [0.4, 0.5) is 0 Å². The molecule has 0 unspecified atom stereocenters. The second kappa shape index (κ2) is 4.95. The van der Waals surface area contributed by atoms with Gasteiger partial charge in [0.25, 0.3) is 10.0 Å². The maximum absolute atomic E-state index is 11.5. The molecular weight excluding hydrogens is 256 g/mol. The molecule has 0 bridgehead atoms. The fourth-order valence-electron chi connectivity index (χ4n) is 0.817. The van der Waals surface area contributed by atoms with Crippen molar-refractivity contribution in [2.24, 2.45) is 5.10 Å². The molecule has 1 rings (SSSR count). The number of hydrogen-bond acceptors (Lipinski definition) is 4. The smallest absolute Gasteiger partial charge is 0.348 e. The first-order valence-corrected chi connectivity index (χ1v) is 5.81. The van der Waals surface area contributed by atoms with Gasteiger partial charge in [0.15, 0.2) is 0 Å². The molecule has 0 saturated heterocycles. The van der Waals surface area contributed by atoms with Crippen LogP contribution < -0.4 is 4.83 Å². The summed E-state index contributed by atoms with van der Waals surface area (Å²) in [5, 5.41) is 11.7. The summed E-state index contributed by atoms with van der Waals surface area (Å²) in [4.78, 5) is 11.8. The number of hydrogen-bond donors (Lipinski definition) is 2. The lowest BCUT2D eigenvalue weighted by molar-refractivity contribution is -0.128. The van der Waals surface area contributed by atoms with Crippen molar-refractivity contribution in [3.8, 4) is 0 Å². The van der Waals surface area contributed by atoms with Crippen LogP contribution in [-0.4, -0.2) is 25.7 Å². The monoisotopic (exact) mass is 262 g/mol. The molecule has 0 fully saturated rings. The first kappa shape index (κ1) is 12.5. The summed E-state index contributed by atoms with van der Waals surface area (Å²) in [6.07, 6.45) is 0.438. The van der Waals surface area contributed by atoms with E-state index in [1.54, 1.807) is 4.83 Å². The molecule has 0 aromatic heterocycles. The first-order chi connectivity index (χ1) is 7.42. The Balaban J connectivity index is 2.86. The number of halogens is 1. The molecule has 86 valence electrons. The van der Waals surface area contributed by atoms with Crippen molar-refractivity contribution < 1.29 is 18.3 Å². The van der Waals surface area contributed by atoms with Gasteiger partial charge in [-0.3, -0.25) is 0 Å². The van der Waals surface area contributed by atoms with Crippen LogP contribution in [0.1, 0.15) is 0 Å². The second-order valence-corrected chi connectivity index (χ2v) is 4.74. The normalized spacial score (nSPS) is 11.6. The summed E-state index contributed by atoms with van der Waals surface area (Å²) in [7, 11) is -3.84.